The number of nitrogens with one attached hydrogen (secondary N) is 2. The van der Waals surface area contributed by atoms with Crippen LogP contribution in [0.3, 0.4) is 0 Å². The summed E-state index contributed by atoms with van der Waals surface area (Å²) in [5.74, 6) is -1.26. The lowest BCUT2D eigenvalue weighted by molar-refractivity contribution is -0.111. The number of rotatable bonds is 7. The van der Waals surface area contributed by atoms with Crippen molar-refractivity contribution < 1.29 is 23.8 Å². The fourth-order valence-corrected chi connectivity index (χ4v) is 2.60. The number of phenols is 1. The third-order valence-electron chi connectivity index (χ3n) is 3.97. The lowest BCUT2D eigenvalue weighted by Gasteiger charge is -2.20. The highest BCUT2D eigenvalue weighted by molar-refractivity contribution is 6.02. The molecule has 0 fully saturated rings. The molecule has 0 aliphatic heterocycles. The summed E-state index contributed by atoms with van der Waals surface area (Å²) < 4.78 is 18.9. The summed E-state index contributed by atoms with van der Waals surface area (Å²) >= 11 is 0. The van der Waals surface area contributed by atoms with E-state index in [1.165, 1.54) is 43.5 Å². The van der Waals surface area contributed by atoms with Crippen molar-refractivity contribution in [2.45, 2.75) is 19.4 Å². The Hall–Kier alpha value is -3.35. The first-order valence-electron chi connectivity index (χ1n) is 8.30. The van der Waals surface area contributed by atoms with Gasteiger partial charge in [-0.05, 0) is 48.9 Å². The van der Waals surface area contributed by atoms with Gasteiger partial charge in [-0.15, -0.1) is 0 Å². The number of aromatic hydroxyl groups is 1. The van der Waals surface area contributed by atoms with Gasteiger partial charge in [-0.1, -0.05) is 13.5 Å². The summed E-state index contributed by atoms with van der Waals surface area (Å²) in [6.07, 6.45) is 1.56. The van der Waals surface area contributed by atoms with E-state index in [1.54, 1.807) is 0 Å². The summed E-state index contributed by atoms with van der Waals surface area (Å²) in [6.45, 7) is 5.19. The highest BCUT2D eigenvalue weighted by atomic mass is 19.1. The molecule has 2 rings (SSSR count). The molecule has 0 saturated heterocycles. The zero-order valence-corrected chi connectivity index (χ0v) is 15.1. The second kappa shape index (κ2) is 8.84. The molecule has 142 valence electrons. The summed E-state index contributed by atoms with van der Waals surface area (Å²) in [5.41, 5.74) is 0.800. The Bertz CT molecular complexity index is 867. The SMILES string of the molecule is C=CC(=O)Nc1ccc(O)c(C(=O)NC(CC)c2cc(F)ccc2OC)c1. The van der Waals surface area contributed by atoms with Crippen molar-refractivity contribution >= 4 is 17.5 Å². The number of hydrogen-bond acceptors (Lipinski definition) is 4. The van der Waals surface area contributed by atoms with Gasteiger partial charge in [0.1, 0.15) is 17.3 Å². The number of benzene rings is 2. The summed E-state index contributed by atoms with van der Waals surface area (Å²) in [6, 6.07) is 7.64. The Morgan fingerprint density at radius 3 is 2.67 bits per heavy atom. The minimum atomic E-state index is -0.569. The summed E-state index contributed by atoms with van der Waals surface area (Å²) in [7, 11) is 1.46. The topological polar surface area (TPSA) is 87.7 Å². The highest BCUT2D eigenvalue weighted by Gasteiger charge is 2.20. The van der Waals surface area contributed by atoms with Crippen LogP contribution in [0.5, 0.6) is 11.5 Å². The molecule has 0 aliphatic rings. The van der Waals surface area contributed by atoms with E-state index in [0.717, 1.165) is 6.08 Å². The van der Waals surface area contributed by atoms with E-state index in [2.05, 4.69) is 17.2 Å². The molecule has 0 heterocycles. The van der Waals surface area contributed by atoms with Gasteiger partial charge >= 0.3 is 0 Å². The molecule has 0 saturated carbocycles. The minimum absolute atomic E-state index is 0.0225. The molecule has 0 bridgehead atoms. The van der Waals surface area contributed by atoms with E-state index in [0.29, 0.717) is 23.4 Å². The first-order chi connectivity index (χ1) is 12.9. The van der Waals surface area contributed by atoms with E-state index in [9.17, 15) is 19.1 Å². The normalized spacial score (nSPS) is 11.4. The lowest BCUT2D eigenvalue weighted by Crippen LogP contribution is -2.28. The molecule has 2 amide bonds. The van der Waals surface area contributed by atoms with Crippen molar-refractivity contribution in [3.8, 4) is 11.5 Å². The molecule has 0 aliphatic carbocycles. The number of anilines is 1. The summed E-state index contributed by atoms with van der Waals surface area (Å²) in [4.78, 5) is 24.1. The van der Waals surface area contributed by atoms with E-state index in [4.69, 9.17) is 4.74 Å². The number of methoxy groups -OCH3 is 1. The number of hydrogen-bond donors (Lipinski definition) is 3. The molecule has 2 aromatic carbocycles. The molecule has 6 nitrogen and oxygen atoms in total. The number of phenolic OH excluding ortho intramolecular Hbond substituents is 1. The fourth-order valence-electron chi connectivity index (χ4n) is 2.60. The average molecular weight is 372 g/mol. The second-order valence-corrected chi connectivity index (χ2v) is 5.75. The number of carbonyl (C=O) groups is 2. The van der Waals surface area contributed by atoms with Crippen LogP contribution in [-0.2, 0) is 4.79 Å². The number of carbonyl (C=O) groups excluding carboxylic acids is 2. The molecule has 2 aromatic rings. The van der Waals surface area contributed by atoms with Gasteiger partial charge < -0.3 is 20.5 Å². The van der Waals surface area contributed by atoms with Gasteiger partial charge in [-0.2, -0.15) is 0 Å². The molecular weight excluding hydrogens is 351 g/mol. The number of amides is 2. The second-order valence-electron chi connectivity index (χ2n) is 5.75. The van der Waals surface area contributed by atoms with E-state index < -0.39 is 23.7 Å². The van der Waals surface area contributed by atoms with Crippen LogP contribution < -0.4 is 15.4 Å². The molecular formula is C20H21FN2O4. The standard InChI is InChI=1S/C20H21FN2O4/c1-4-16(14-10-12(21)6-9-18(14)27-3)23-20(26)15-11-13(7-8-17(15)24)22-19(25)5-2/h5-11,16,24H,2,4H2,1,3H3,(H,22,25)(H,23,26). The average Bonchev–Trinajstić information content (AvgIpc) is 2.67. The predicted molar refractivity (Wildman–Crippen MR) is 100 cm³/mol. The van der Waals surface area contributed by atoms with Crippen LogP contribution in [0.2, 0.25) is 0 Å². The van der Waals surface area contributed by atoms with Gasteiger partial charge in [0.15, 0.2) is 0 Å². The molecule has 27 heavy (non-hydrogen) atoms. The van der Waals surface area contributed by atoms with Gasteiger partial charge in [-0.25, -0.2) is 4.39 Å². The molecule has 1 atom stereocenters. The third-order valence-corrected chi connectivity index (χ3v) is 3.97. The maximum absolute atomic E-state index is 13.7. The lowest BCUT2D eigenvalue weighted by atomic mass is 10.0. The van der Waals surface area contributed by atoms with Gasteiger partial charge in [0.05, 0.1) is 18.7 Å². The van der Waals surface area contributed by atoms with Crippen molar-refractivity contribution in [3.05, 3.63) is 66.0 Å². The van der Waals surface area contributed by atoms with E-state index in [-0.39, 0.29) is 11.3 Å². The Morgan fingerprint density at radius 1 is 1.30 bits per heavy atom. The van der Waals surface area contributed by atoms with Gasteiger partial charge in [0.25, 0.3) is 5.91 Å². The molecule has 1 unspecified atom stereocenters. The van der Waals surface area contributed by atoms with Crippen molar-refractivity contribution in [3.63, 3.8) is 0 Å². The van der Waals surface area contributed by atoms with Crippen molar-refractivity contribution in [1.29, 1.82) is 0 Å². The maximum atomic E-state index is 13.7. The Kier molecular flexibility index (Phi) is 6.54. The third kappa shape index (κ3) is 4.84. The molecule has 0 spiro atoms. The molecule has 0 radical (unpaired) electrons. The zero-order chi connectivity index (χ0) is 20.0. The van der Waals surface area contributed by atoms with E-state index in [1.807, 2.05) is 6.92 Å². The molecule has 3 N–H and O–H groups in total. The van der Waals surface area contributed by atoms with Crippen molar-refractivity contribution in [2.24, 2.45) is 0 Å². The highest BCUT2D eigenvalue weighted by Crippen LogP contribution is 2.29. The molecule has 0 aromatic heterocycles. The minimum Gasteiger partial charge on any atom is -0.507 e. The Balaban J connectivity index is 2.29. The van der Waals surface area contributed by atoms with Crippen LogP contribution >= 0.6 is 0 Å². The monoisotopic (exact) mass is 372 g/mol. The predicted octanol–water partition coefficient (Wildman–Crippen LogP) is 3.55. The first kappa shape index (κ1) is 20.0. The van der Waals surface area contributed by atoms with Crippen molar-refractivity contribution in [2.75, 3.05) is 12.4 Å². The van der Waals surface area contributed by atoms with Crippen LogP contribution in [0, 0.1) is 5.82 Å². The first-order valence-corrected chi connectivity index (χ1v) is 8.30. The smallest absolute Gasteiger partial charge is 0.255 e. The zero-order valence-electron chi connectivity index (χ0n) is 15.1. The van der Waals surface area contributed by atoms with E-state index >= 15 is 0 Å². The van der Waals surface area contributed by atoms with Gasteiger partial charge in [-0.3, -0.25) is 9.59 Å². The van der Waals surface area contributed by atoms with Crippen molar-refractivity contribution in [1.82, 2.24) is 5.32 Å². The van der Waals surface area contributed by atoms with Crippen LogP contribution in [0.15, 0.2) is 49.1 Å². The largest absolute Gasteiger partial charge is 0.507 e. The van der Waals surface area contributed by atoms with Gasteiger partial charge in [0.2, 0.25) is 5.91 Å². The number of ether oxygens (including phenoxy) is 1. The van der Waals surface area contributed by atoms with Crippen LogP contribution in [-0.4, -0.2) is 24.0 Å². The fraction of sp³-hybridized carbons (Fsp3) is 0.200. The summed E-state index contributed by atoms with van der Waals surface area (Å²) in [5, 5.41) is 15.3. The van der Waals surface area contributed by atoms with Gasteiger partial charge in [0, 0.05) is 11.3 Å². The van der Waals surface area contributed by atoms with Crippen LogP contribution in [0.1, 0.15) is 35.3 Å². The quantitative estimate of drug-likeness (QED) is 0.512. The van der Waals surface area contributed by atoms with Crippen LogP contribution in [0.4, 0.5) is 10.1 Å². The Labute approximate surface area is 156 Å². The Morgan fingerprint density at radius 2 is 2.04 bits per heavy atom. The number of halogens is 1. The molecule has 7 heteroatoms. The van der Waals surface area contributed by atoms with Crippen LogP contribution in [0.25, 0.3) is 0 Å². The maximum Gasteiger partial charge on any atom is 0.255 e.